The Morgan fingerprint density at radius 3 is 2.59 bits per heavy atom. The normalized spacial score (nSPS) is 12.9. The summed E-state index contributed by atoms with van der Waals surface area (Å²) in [6.45, 7) is 5.49. The molecule has 2 nitrogen and oxygen atoms in total. The van der Waals surface area contributed by atoms with Gasteiger partial charge in [0, 0.05) is 0 Å². The Hall–Kier alpha value is -0.280. The molecule has 0 aromatic carbocycles. The van der Waals surface area contributed by atoms with E-state index in [1.165, 1.54) is 32.1 Å². The second-order valence-electron chi connectivity index (χ2n) is 4.50. The van der Waals surface area contributed by atoms with E-state index in [1.807, 2.05) is 6.07 Å². The third-order valence-corrected chi connectivity index (χ3v) is 3.35. The van der Waals surface area contributed by atoms with Crippen molar-refractivity contribution in [1.29, 1.82) is 0 Å². The summed E-state index contributed by atoms with van der Waals surface area (Å²) in [5.41, 5.74) is 0. The maximum atomic E-state index is 5.65. The van der Waals surface area contributed by atoms with Crippen molar-refractivity contribution in [1.82, 2.24) is 5.32 Å². The van der Waals surface area contributed by atoms with Gasteiger partial charge in [0.05, 0.1) is 6.04 Å². The predicted molar refractivity (Wildman–Crippen MR) is 76.2 cm³/mol. The van der Waals surface area contributed by atoms with Crippen molar-refractivity contribution >= 4 is 15.9 Å². The van der Waals surface area contributed by atoms with E-state index in [1.54, 1.807) is 0 Å². The first-order valence-corrected chi connectivity index (χ1v) is 7.55. The number of halogens is 1. The molecule has 1 aromatic rings. The van der Waals surface area contributed by atoms with Gasteiger partial charge in [-0.1, -0.05) is 39.5 Å². The minimum atomic E-state index is 0.373. The molecule has 0 aliphatic carbocycles. The van der Waals surface area contributed by atoms with Crippen LogP contribution in [0.25, 0.3) is 0 Å². The van der Waals surface area contributed by atoms with Crippen molar-refractivity contribution < 1.29 is 4.42 Å². The van der Waals surface area contributed by atoms with E-state index in [4.69, 9.17) is 4.42 Å². The smallest absolute Gasteiger partial charge is 0.169 e. The molecule has 0 spiro atoms. The highest BCUT2D eigenvalue weighted by Crippen LogP contribution is 2.24. The van der Waals surface area contributed by atoms with Crippen LogP contribution in [0.2, 0.25) is 0 Å². The molecule has 0 saturated heterocycles. The molecule has 0 fully saturated rings. The van der Waals surface area contributed by atoms with Crippen LogP contribution in [-0.2, 0) is 0 Å². The topological polar surface area (TPSA) is 25.2 Å². The van der Waals surface area contributed by atoms with E-state index in [0.717, 1.165) is 23.4 Å². The summed E-state index contributed by atoms with van der Waals surface area (Å²) in [6, 6.07) is 4.41. The van der Waals surface area contributed by atoms with Crippen LogP contribution in [0, 0.1) is 0 Å². The zero-order valence-electron chi connectivity index (χ0n) is 11.0. The van der Waals surface area contributed by atoms with Crippen molar-refractivity contribution in [2.45, 2.75) is 58.4 Å². The molecule has 1 unspecified atom stereocenters. The zero-order valence-corrected chi connectivity index (χ0v) is 12.6. The molecule has 1 N–H and O–H groups in total. The molecule has 0 bridgehead atoms. The Bertz CT molecular complexity index is 298. The average molecular weight is 302 g/mol. The van der Waals surface area contributed by atoms with Gasteiger partial charge in [-0.2, -0.15) is 0 Å². The lowest BCUT2D eigenvalue weighted by Gasteiger charge is -2.16. The fourth-order valence-electron chi connectivity index (χ4n) is 1.95. The first kappa shape index (κ1) is 14.8. The minimum Gasteiger partial charge on any atom is -0.453 e. The zero-order chi connectivity index (χ0) is 12.5. The van der Waals surface area contributed by atoms with Crippen molar-refractivity contribution in [2.75, 3.05) is 6.54 Å². The molecule has 17 heavy (non-hydrogen) atoms. The molecule has 1 heterocycles. The molecule has 0 radical (unpaired) electrons. The van der Waals surface area contributed by atoms with Crippen LogP contribution in [0.3, 0.4) is 0 Å². The van der Waals surface area contributed by atoms with Crippen molar-refractivity contribution in [2.24, 2.45) is 0 Å². The van der Waals surface area contributed by atoms with Crippen molar-refractivity contribution in [3.8, 4) is 0 Å². The molecule has 0 saturated carbocycles. The van der Waals surface area contributed by atoms with Gasteiger partial charge in [0.2, 0.25) is 0 Å². The lowest BCUT2D eigenvalue weighted by atomic mass is 10.1. The monoisotopic (exact) mass is 301 g/mol. The van der Waals surface area contributed by atoms with Gasteiger partial charge < -0.3 is 9.73 Å². The Kier molecular flexibility index (Phi) is 7.62. The summed E-state index contributed by atoms with van der Waals surface area (Å²) in [6.07, 6.45) is 7.55. The van der Waals surface area contributed by atoms with Gasteiger partial charge in [0.25, 0.3) is 0 Å². The molecule has 1 rings (SSSR count). The number of furan rings is 1. The van der Waals surface area contributed by atoms with E-state index in [-0.39, 0.29) is 0 Å². The van der Waals surface area contributed by atoms with Crippen molar-refractivity contribution in [3.05, 3.63) is 22.6 Å². The summed E-state index contributed by atoms with van der Waals surface area (Å²) in [4.78, 5) is 0. The predicted octanol–water partition coefficient (Wildman–Crippen LogP) is 5.05. The van der Waals surface area contributed by atoms with Gasteiger partial charge in [-0.15, -0.1) is 0 Å². The highest BCUT2D eigenvalue weighted by Gasteiger charge is 2.13. The van der Waals surface area contributed by atoms with Gasteiger partial charge in [0.15, 0.2) is 4.67 Å². The van der Waals surface area contributed by atoms with Gasteiger partial charge in [-0.05, 0) is 47.4 Å². The fraction of sp³-hybridized carbons (Fsp3) is 0.714. The van der Waals surface area contributed by atoms with E-state index >= 15 is 0 Å². The maximum absolute atomic E-state index is 5.65. The Labute approximate surface area is 113 Å². The van der Waals surface area contributed by atoms with Crippen LogP contribution in [0.4, 0.5) is 0 Å². The molecule has 1 atom stereocenters. The summed E-state index contributed by atoms with van der Waals surface area (Å²) in [7, 11) is 0. The molecule has 0 aliphatic rings. The highest BCUT2D eigenvalue weighted by atomic mass is 79.9. The van der Waals surface area contributed by atoms with E-state index in [2.05, 4.69) is 41.2 Å². The van der Waals surface area contributed by atoms with Gasteiger partial charge in [-0.3, -0.25) is 0 Å². The second-order valence-corrected chi connectivity index (χ2v) is 5.28. The molecule has 1 aromatic heterocycles. The number of hydrogen-bond donors (Lipinski definition) is 1. The van der Waals surface area contributed by atoms with Crippen LogP contribution >= 0.6 is 15.9 Å². The molecule has 0 amide bonds. The summed E-state index contributed by atoms with van der Waals surface area (Å²) in [5.74, 6) is 1.06. The minimum absolute atomic E-state index is 0.373. The number of rotatable bonds is 9. The highest BCUT2D eigenvalue weighted by molar-refractivity contribution is 9.10. The van der Waals surface area contributed by atoms with Crippen LogP contribution < -0.4 is 5.32 Å². The van der Waals surface area contributed by atoms with E-state index in [0.29, 0.717) is 6.04 Å². The first-order chi connectivity index (χ1) is 8.27. The first-order valence-electron chi connectivity index (χ1n) is 6.76. The Morgan fingerprint density at radius 2 is 2.00 bits per heavy atom. The maximum Gasteiger partial charge on any atom is 0.169 e. The van der Waals surface area contributed by atoms with Crippen LogP contribution in [0.15, 0.2) is 21.2 Å². The fourth-order valence-corrected chi connectivity index (χ4v) is 2.27. The largest absolute Gasteiger partial charge is 0.453 e. The number of nitrogens with one attached hydrogen (secondary N) is 1. The standard InChI is InChI=1S/C14H24BrNO/c1-3-5-6-7-8-12(16-11-4-2)13-9-10-14(15)17-13/h9-10,12,16H,3-8,11H2,1-2H3. The third-order valence-electron chi connectivity index (χ3n) is 2.92. The molecule has 3 heteroatoms. The van der Waals surface area contributed by atoms with Gasteiger partial charge in [-0.25, -0.2) is 0 Å². The molecular formula is C14H24BrNO. The SMILES string of the molecule is CCCCCCC(NCCC)c1ccc(Br)o1. The average Bonchev–Trinajstić information content (AvgIpc) is 2.75. The van der Waals surface area contributed by atoms with E-state index < -0.39 is 0 Å². The number of hydrogen-bond acceptors (Lipinski definition) is 2. The summed E-state index contributed by atoms with van der Waals surface area (Å²) >= 11 is 3.37. The Balaban J connectivity index is 2.42. The van der Waals surface area contributed by atoms with E-state index in [9.17, 15) is 0 Å². The summed E-state index contributed by atoms with van der Waals surface area (Å²) < 4.78 is 6.48. The van der Waals surface area contributed by atoms with Gasteiger partial charge >= 0.3 is 0 Å². The molecule has 0 aliphatic heterocycles. The van der Waals surface area contributed by atoms with Crippen molar-refractivity contribution in [3.63, 3.8) is 0 Å². The van der Waals surface area contributed by atoms with Crippen LogP contribution in [0.5, 0.6) is 0 Å². The van der Waals surface area contributed by atoms with Gasteiger partial charge in [0.1, 0.15) is 5.76 Å². The lowest BCUT2D eigenvalue weighted by Crippen LogP contribution is -2.21. The number of unbranched alkanes of at least 4 members (excludes halogenated alkanes) is 3. The third kappa shape index (κ3) is 5.73. The van der Waals surface area contributed by atoms with Crippen LogP contribution in [0.1, 0.15) is 64.2 Å². The second kappa shape index (κ2) is 8.76. The lowest BCUT2D eigenvalue weighted by molar-refractivity contribution is 0.376. The summed E-state index contributed by atoms with van der Waals surface area (Å²) in [5, 5.41) is 3.56. The Morgan fingerprint density at radius 1 is 1.18 bits per heavy atom. The molecular weight excluding hydrogens is 278 g/mol. The van der Waals surface area contributed by atoms with Crippen LogP contribution in [-0.4, -0.2) is 6.54 Å². The quantitative estimate of drug-likeness (QED) is 0.645. The molecule has 98 valence electrons.